The van der Waals surface area contributed by atoms with Crippen molar-refractivity contribution >= 4 is 54.0 Å². The molecule has 1 aromatic carbocycles. The number of halogens is 4. The Hall–Kier alpha value is -0.430. The summed E-state index contributed by atoms with van der Waals surface area (Å²) in [5, 5.41) is 2.90. The largest absolute Gasteiger partial charge is 0.490 e. The molecule has 0 bridgehead atoms. The first-order valence-electron chi connectivity index (χ1n) is 9.83. The van der Waals surface area contributed by atoms with Gasteiger partial charge >= 0.3 is 5.97 Å². The molecule has 1 aromatic rings. The third kappa shape index (κ3) is 8.31. The Morgan fingerprint density at radius 3 is 2.28 bits per heavy atom. The highest BCUT2D eigenvalue weighted by molar-refractivity contribution is 6.42. The van der Waals surface area contributed by atoms with E-state index in [0.717, 1.165) is 64.2 Å². The van der Waals surface area contributed by atoms with Crippen molar-refractivity contribution in [2.45, 2.75) is 45.1 Å². The zero-order valence-corrected chi connectivity index (χ0v) is 19.8. The van der Waals surface area contributed by atoms with E-state index in [-0.39, 0.29) is 36.9 Å². The molecule has 5 nitrogen and oxygen atoms in total. The predicted octanol–water partition coefficient (Wildman–Crippen LogP) is 5.26. The first-order valence-corrected chi connectivity index (χ1v) is 10.6. The molecule has 0 atom stereocenters. The maximum atomic E-state index is 11.4. The fraction of sp³-hybridized carbons (Fsp3) is 0.650. The summed E-state index contributed by atoms with van der Waals surface area (Å²) in [6.07, 6.45) is 4.86. The van der Waals surface area contributed by atoms with E-state index >= 15 is 0 Å². The van der Waals surface area contributed by atoms with Crippen LogP contribution in [0, 0.1) is 5.92 Å². The lowest BCUT2D eigenvalue weighted by Gasteiger charge is -2.37. The molecule has 0 saturated carbocycles. The minimum absolute atomic E-state index is 0. The second-order valence-corrected chi connectivity index (χ2v) is 8.20. The number of nitrogens with zero attached hydrogens (tertiary/aromatic N) is 2. The molecule has 0 aliphatic carbocycles. The average Bonchev–Trinajstić information content (AvgIpc) is 2.68. The number of benzene rings is 1. The highest BCUT2D eigenvalue weighted by atomic mass is 35.5. The van der Waals surface area contributed by atoms with Gasteiger partial charge < -0.3 is 14.5 Å². The Labute approximate surface area is 195 Å². The molecule has 2 aliphatic rings. The molecule has 3 rings (SSSR count). The summed E-state index contributed by atoms with van der Waals surface area (Å²) < 4.78 is 6.07. The van der Waals surface area contributed by atoms with E-state index in [1.54, 1.807) is 12.1 Å². The first kappa shape index (κ1) is 26.6. The number of piperidine rings is 2. The molecule has 0 N–H and O–H groups in total. The third-order valence-electron chi connectivity index (χ3n) is 5.34. The maximum absolute atomic E-state index is 11.4. The molecule has 0 spiro atoms. The number of likely N-dealkylation sites (tertiary alicyclic amines) is 1. The van der Waals surface area contributed by atoms with Crippen molar-refractivity contribution in [2.75, 3.05) is 32.7 Å². The van der Waals surface area contributed by atoms with Crippen LogP contribution in [0.2, 0.25) is 10.0 Å². The number of ether oxygens (including phenoxy) is 1. The quantitative estimate of drug-likeness (QED) is 0.547. The van der Waals surface area contributed by atoms with Gasteiger partial charge in [-0.2, -0.15) is 0 Å². The number of hydrogen-bond donors (Lipinski definition) is 0. The lowest BCUT2D eigenvalue weighted by molar-refractivity contribution is -0.196. The van der Waals surface area contributed by atoms with Gasteiger partial charge in [0, 0.05) is 45.2 Å². The van der Waals surface area contributed by atoms with Gasteiger partial charge in [-0.1, -0.05) is 30.1 Å². The van der Waals surface area contributed by atoms with E-state index in [1.165, 1.54) is 0 Å². The molecule has 0 aromatic heterocycles. The molecule has 0 radical (unpaired) electrons. The van der Waals surface area contributed by atoms with Crippen LogP contribution < -0.4 is 4.74 Å². The summed E-state index contributed by atoms with van der Waals surface area (Å²) in [6.45, 7) is 6.73. The van der Waals surface area contributed by atoms with Gasteiger partial charge in [-0.25, -0.2) is 0 Å². The predicted molar refractivity (Wildman–Crippen MR) is 122 cm³/mol. The van der Waals surface area contributed by atoms with E-state index in [4.69, 9.17) is 32.8 Å². The van der Waals surface area contributed by atoms with Crippen LogP contribution in [0.25, 0.3) is 0 Å². The topological polar surface area (TPSA) is 42.0 Å². The number of rotatable bonds is 6. The Bertz CT molecular complexity index is 634. The summed E-state index contributed by atoms with van der Waals surface area (Å²) in [6, 6.07) is 5.44. The van der Waals surface area contributed by atoms with Crippen molar-refractivity contribution in [2.24, 2.45) is 5.92 Å². The standard InChI is InChI=1S/C20H28Cl2N2O3.2ClH/c1-2-20(25)27-24-11-5-15(6-12-24)14-23-9-7-16(8-10-23)26-17-3-4-18(21)19(22)13-17;;/h3-4,13,15-16H,2,5-12,14H2,1H3;2*1H. The van der Waals surface area contributed by atoms with Crippen LogP contribution in [0.5, 0.6) is 5.75 Å². The molecule has 0 unspecified atom stereocenters. The van der Waals surface area contributed by atoms with Crippen LogP contribution in [0.15, 0.2) is 18.2 Å². The normalized spacial score (nSPS) is 19.1. The van der Waals surface area contributed by atoms with E-state index in [0.29, 0.717) is 22.4 Å². The lowest BCUT2D eigenvalue weighted by atomic mass is 9.96. The van der Waals surface area contributed by atoms with Crippen LogP contribution in [-0.2, 0) is 9.63 Å². The molecule has 2 heterocycles. The van der Waals surface area contributed by atoms with E-state index < -0.39 is 0 Å². The second kappa shape index (κ2) is 13.1. The van der Waals surface area contributed by atoms with Crippen LogP contribution in [0.3, 0.4) is 0 Å². The molecule has 29 heavy (non-hydrogen) atoms. The number of carbonyl (C=O) groups excluding carboxylic acids is 1. The van der Waals surface area contributed by atoms with Crippen molar-refractivity contribution in [1.29, 1.82) is 0 Å². The molecule has 9 heteroatoms. The van der Waals surface area contributed by atoms with Crippen molar-refractivity contribution < 1.29 is 14.4 Å². The fourth-order valence-corrected chi connectivity index (χ4v) is 4.00. The van der Waals surface area contributed by atoms with E-state index in [2.05, 4.69) is 4.90 Å². The van der Waals surface area contributed by atoms with Crippen molar-refractivity contribution in [1.82, 2.24) is 9.96 Å². The zero-order chi connectivity index (χ0) is 19.2. The van der Waals surface area contributed by atoms with Crippen LogP contribution in [-0.4, -0.2) is 54.8 Å². The van der Waals surface area contributed by atoms with Gasteiger partial charge in [-0.05, 0) is 43.7 Å². The van der Waals surface area contributed by atoms with Gasteiger partial charge in [-0.3, -0.25) is 4.79 Å². The fourth-order valence-electron chi connectivity index (χ4n) is 3.71. The monoisotopic (exact) mass is 486 g/mol. The van der Waals surface area contributed by atoms with E-state index in [9.17, 15) is 4.79 Å². The van der Waals surface area contributed by atoms with Gasteiger partial charge in [0.25, 0.3) is 0 Å². The molecule has 2 fully saturated rings. The average molecular weight is 488 g/mol. The minimum atomic E-state index is -0.141. The third-order valence-corrected chi connectivity index (χ3v) is 6.08. The van der Waals surface area contributed by atoms with Crippen molar-refractivity contribution in [3.63, 3.8) is 0 Å². The number of hydroxylamine groups is 2. The maximum Gasteiger partial charge on any atom is 0.324 e. The van der Waals surface area contributed by atoms with Crippen LogP contribution in [0.4, 0.5) is 0 Å². The summed E-state index contributed by atoms with van der Waals surface area (Å²) in [4.78, 5) is 19.2. The van der Waals surface area contributed by atoms with Gasteiger partial charge in [-0.15, -0.1) is 29.9 Å². The first-order chi connectivity index (χ1) is 13.0. The Balaban J connectivity index is 0.00000210. The van der Waals surface area contributed by atoms with E-state index in [1.807, 2.05) is 18.1 Å². The summed E-state index contributed by atoms with van der Waals surface area (Å²) in [5.41, 5.74) is 0. The highest BCUT2D eigenvalue weighted by Crippen LogP contribution is 2.28. The lowest BCUT2D eigenvalue weighted by Crippen LogP contribution is -2.43. The van der Waals surface area contributed by atoms with Gasteiger partial charge in [0.2, 0.25) is 0 Å². The molecular formula is C20H30Cl4N2O3. The number of hydrogen-bond acceptors (Lipinski definition) is 5. The molecule has 0 amide bonds. The van der Waals surface area contributed by atoms with Gasteiger partial charge in [0.05, 0.1) is 10.0 Å². The second-order valence-electron chi connectivity index (χ2n) is 7.38. The SMILES string of the molecule is CCC(=O)ON1CCC(CN2CCC(Oc3ccc(Cl)c(Cl)c3)CC2)CC1.Cl.Cl. The molecule has 2 aliphatic heterocycles. The summed E-state index contributed by atoms with van der Waals surface area (Å²) in [7, 11) is 0. The smallest absolute Gasteiger partial charge is 0.324 e. The zero-order valence-electron chi connectivity index (χ0n) is 16.6. The van der Waals surface area contributed by atoms with Crippen LogP contribution in [0.1, 0.15) is 39.0 Å². The summed E-state index contributed by atoms with van der Waals surface area (Å²) in [5.74, 6) is 1.32. The van der Waals surface area contributed by atoms with Gasteiger partial charge in [0.15, 0.2) is 0 Å². The highest BCUT2D eigenvalue weighted by Gasteiger charge is 2.26. The van der Waals surface area contributed by atoms with Crippen LogP contribution >= 0.6 is 48.0 Å². The molecule has 166 valence electrons. The Morgan fingerprint density at radius 1 is 1.03 bits per heavy atom. The Kier molecular flexibility index (Phi) is 12.0. The van der Waals surface area contributed by atoms with Crippen molar-refractivity contribution in [3.05, 3.63) is 28.2 Å². The molecule has 2 saturated heterocycles. The number of carbonyl (C=O) groups is 1. The van der Waals surface area contributed by atoms with Gasteiger partial charge in [0.1, 0.15) is 11.9 Å². The van der Waals surface area contributed by atoms with Crippen molar-refractivity contribution in [3.8, 4) is 5.75 Å². The summed E-state index contributed by atoms with van der Waals surface area (Å²) >= 11 is 12.0. The Morgan fingerprint density at radius 2 is 1.69 bits per heavy atom. The minimum Gasteiger partial charge on any atom is -0.490 e. The molecular weight excluding hydrogens is 458 g/mol.